The molecule has 1 aromatic carbocycles. The highest BCUT2D eigenvalue weighted by atomic mass is 32.2. The molecule has 0 bridgehead atoms. The Labute approximate surface area is 176 Å². The fourth-order valence-electron chi connectivity index (χ4n) is 2.86. The first-order chi connectivity index (χ1) is 14.1. The molecule has 0 atom stereocenters. The van der Waals surface area contributed by atoms with Crippen LogP contribution in [0, 0.1) is 6.57 Å². The van der Waals surface area contributed by atoms with Crippen molar-refractivity contribution in [1.82, 2.24) is 9.97 Å². The van der Waals surface area contributed by atoms with Crippen LogP contribution in [-0.4, -0.2) is 27.1 Å². The molecule has 1 aliphatic rings. The van der Waals surface area contributed by atoms with Crippen molar-refractivity contribution in [3.63, 3.8) is 0 Å². The predicted octanol–water partition coefficient (Wildman–Crippen LogP) is 5.25. The maximum atomic E-state index is 10.9. The van der Waals surface area contributed by atoms with E-state index in [-0.39, 0.29) is 6.42 Å². The Morgan fingerprint density at radius 3 is 2.79 bits per heavy atom. The lowest BCUT2D eigenvalue weighted by atomic mass is 10.1. The van der Waals surface area contributed by atoms with E-state index in [1.54, 1.807) is 11.3 Å². The summed E-state index contributed by atoms with van der Waals surface area (Å²) in [5.41, 5.74) is 2.92. The summed E-state index contributed by atoms with van der Waals surface area (Å²) in [6.45, 7) is 7.63. The first-order valence-electron chi connectivity index (χ1n) is 9.14. The van der Waals surface area contributed by atoms with Crippen LogP contribution >= 0.6 is 23.1 Å². The van der Waals surface area contributed by atoms with Crippen molar-refractivity contribution >= 4 is 40.6 Å². The molecule has 8 heteroatoms. The van der Waals surface area contributed by atoms with Gasteiger partial charge in [-0.2, -0.15) is 0 Å². The second-order valence-electron chi connectivity index (χ2n) is 6.74. The Morgan fingerprint density at radius 2 is 2.10 bits per heavy atom. The molecular weight excluding hydrogens is 404 g/mol. The van der Waals surface area contributed by atoms with Gasteiger partial charge in [-0.25, -0.2) is 14.8 Å². The number of thiophene rings is 1. The van der Waals surface area contributed by atoms with E-state index < -0.39 is 5.97 Å². The number of carboxylic acids is 1. The van der Waals surface area contributed by atoms with Gasteiger partial charge in [0.2, 0.25) is 0 Å². The predicted molar refractivity (Wildman–Crippen MR) is 116 cm³/mol. The van der Waals surface area contributed by atoms with Gasteiger partial charge in [0.05, 0.1) is 18.7 Å². The second-order valence-corrected chi connectivity index (χ2v) is 8.63. The van der Waals surface area contributed by atoms with Crippen molar-refractivity contribution in [3.05, 3.63) is 64.3 Å². The van der Waals surface area contributed by atoms with E-state index in [4.69, 9.17) is 11.7 Å². The molecule has 0 aliphatic heterocycles. The molecular formula is C21H18N4O2S2. The van der Waals surface area contributed by atoms with Crippen molar-refractivity contribution < 1.29 is 9.90 Å². The number of anilines is 1. The Hall–Kier alpha value is -2.89. The number of carboxylic acid groups (broad SMARTS) is 1. The summed E-state index contributed by atoms with van der Waals surface area (Å²) in [5, 5.41) is 14.9. The molecule has 0 unspecified atom stereocenters. The van der Waals surface area contributed by atoms with Crippen LogP contribution < -0.4 is 5.32 Å². The number of carbonyl (C=O) groups is 1. The zero-order valence-corrected chi connectivity index (χ0v) is 17.1. The zero-order chi connectivity index (χ0) is 20.2. The van der Waals surface area contributed by atoms with Crippen molar-refractivity contribution in [3.8, 4) is 10.6 Å². The standard InChI is InChI=1S/C21H18N4O2S2/c1-22-19-18(16-6-3-9-28-16)24-21(25-20(19)23-15-7-8-15)29-12-14-5-2-4-13(10-14)11-17(26)27/h2-6,9-10,15H,7-8,11-12H2,(H,26,27)(H,23,24,25). The number of nitrogens with zero attached hydrogens (tertiary/aromatic N) is 3. The number of rotatable bonds is 8. The number of hydrogen-bond acceptors (Lipinski definition) is 6. The minimum atomic E-state index is -0.843. The summed E-state index contributed by atoms with van der Waals surface area (Å²) in [6, 6.07) is 11.8. The highest BCUT2D eigenvalue weighted by Gasteiger charge is 2.25. The topological polar surface area (TPSA) is 79.5 Å². The van der Waals surface area contributed by atoms with E-state index in [1.165, 1.54) is 11.8 Å². The zero-order valence-electron chi connectivity index (χ0n) is 15.5. The minimum absolute atomic E-state index is 0.00664. The van der Waals surface area contributed by atoms with Gasteiger partial charge in [-0.05, 0) is 35.4 Å². The summed E-state index contributed by atoms with van der Waals surface area (Å²) in [4.78, 5) is 24.9. The van der Waals surface area contributed by atoms with Gasteiger partial charge in [0.25, 0.3) is 5.69 Å². The lowest BCUT2D eigenvalue weighted by Crippen LogP contribution is -2.05. The lowest BCUT2D eigenvalue weighted by Gasteiger charge is -2.12. The third-order valence-electron chi connectivity index (χ3n) is 4.36. The van der Waals surface area contributed by atoms with E-state index in [0.29, 0.717) is 34.2 Å². The summed E-state index contributed by atoms with van der Waals surface area (Å²) in [7, 11) is 0. The Morgan fingerprint density at radius 1 is 1.28 bits per heavy atom. The van der Waals surface area contributed by atoms with Crippen molar-refractivity contribution in [2.75, 3.05) is 5.32 Å². The van der Waals surface area contributed by atoms with Gasteiger partial charge in [-0.3, -0.25) is 4.79 Å². The van der Waals surface area contributed by atoms with Gasteiger partial charge in [0, 0.05) is 16.7 Å². The maximum Gasteiger partial charge on any atom is 0.307 e. The lowest BCUT2D eigenvalue weighted by molar-refractivity contribution is -0.136. The van der Waals surface area contributed by atoms with Crippen LogP contribution in [0.4, 0.5) is 11.5 Å². The van der Waals surface area contributed by atoms with Gasteiger partial charge in [0.15, 0.2) is 5.16 Å². The summed E-state index contributed by atoms with van der Waals surface area (Å²) >= 11 is 3.04. The first-order valence-corrected chi connectivity index (χ1v) is 11.0. The molecule has 4 rings (SSSR count). The molecule has 1 aliphatic carbocycles. The molecule has 1 saturated carbocycles. The maximum absolute atomic E-state index is 10.9. The second kappa shape index (κ2) is 8.64. The normalized spacial score (nSPS) is 13.1. The van der Waals surface area contributed by atoms with Gasteiger partial charge < -0.3 is 10.4 Å². The van der Waals surface area contributed by atoms with E-state index in [0.717, 1.165) is 28.8 Å². The molecule has 2 aromatic heterocycles. The largest absolute Gasteiger partial charge is 0.481 e. The van der Waals surface area contributed by atoms with Gasteiger partial charge in [0.1, 0.15) is 5.82 Å². The molecule has 2 heterocycles. The van der Waals surface area contributed by atoms with Crippen molar-refractivity contribution in [1.29, 1.82) is 0 Å². The van der Waals surface area contributed by atoms with E-state index >= 15 is 0 Å². The van der Waals surface area contributed by atoms with Crippen LogP contribution in [-0.2, 0) is 17.0 Å². The van der Waals surface area contributed by atoms with E-state index in [1.807, 2.05) is 41.8 Å². The van der Waals surface area contributed by atoms with Crippen LogP contribution in [0.1, 0.15) is 24.0 Å². The highest BCUT2D eigenvalue weighted by Crippen LogP contribution is 2.40. The number of hydrogen-bond donors (Lipinski definition) is 2. The Balaban J connectivity index is 1.61. The molecule has 3 aromatic rings. The number of aliphatic carboxylic acids is 1. The molecule has 1 fully saturated rings. The highest BCUT2D eigenvalue weighted by molar-refractivity contribution is 7.98. The summed E-state index contributed by atoms with van der Waals surface area (Å²) in [6.07, 6.45) is 2.19. The Kier molecular flexibility index (Phi) is 5.79. The quantitative estimate of drug-likeness (QED) is 0.293. The third-order valence-corrected chi connectivity index (χ3v) is 6.16. The molecule has 0 spiro atoms. The molecule has 6 nitrogen and oxygen atoms in total. The number of benzene rings is 1. The average molecular weight is 423 g/mol. The van der Waals surface area contributed by atoms with E-state index in [2.05, 4.69) is 20.1 Å². The summed E-state index contributed by atoms with van der Waals surface area (Å²) in [5.74, 6) is 0.379. The monoisotopic (exact) mass is 422 g/mol. The molecule has 29 heavy (non-hydrogen) atoms. The number of aromatic nitrogens is 2. The van der Waals surface area contributed by atoms with Gasteiger partial charge in [-0.15, -0.1) is 11.3 Å². The fourth-order valence-corrected chi connectivity index (χ4v) is 4.37. The Bertz CT molecular complexity index is 1070. The third kappa shape index (κ3) is 4.94. The fraction of sp³-hybridized carbons (Fsp3) is 0.238. The van der Waals surface area contributed by atoms with E-state index in [9.17, 15) is 4.79 Å². The molecule has 2 N–H and O–H groups in total. The first kappa shape index (κ1) is 19.4. The van der Waals surface area contributed by atoms with Crippen LogP contribution in [0.3, 0.4) is 0 Å². The molecule has 0 amide bonds. The molecule has 146 valence electrons. The summed E-state index contributed by atoms with van der Waals surface area (Å²) < 4.78 is 0. The van der Waals surface area contributed by atoms with Crippen LogP contribution in [0.15, 0.2) is 46.9 Å². The average Bonchev–Trinajstić information content (AvgIpc) is 3.34. The van der Waals surface area contributed by atoms with Crippen LogP contribution in [0.25, 0.3) is 15.4 Å². The molecule has 0 radical (unpaired) electrons. The van der Waals surface area contributed by atoms with Crippen molar-refractivity contribution in [2.45, 2.75) is 36.2 Å². The van der Waals surface area contributed by atoms with Gasteiger partial charge >= 0.3 is 5.97 Å². The van der Waals surface area contributed by atoms with Crippen LogP contribution in [0.5, 0.6) is 0 Å². The van der Waals surface area contributed by atoms with Crippen LogP contribution in [0.2, 0.25) is 0 Å². The van der Waals surface area contributed by atoms with Gasteiger partial charge in [-0.1, -0.05) is 42.1 Å². The smallest absolute Gasteiger partial charge is 0.307 e. The van der Waals surface area contributed by atoms with Crippen molar-refractivity contribution in [2.24, 2.45) is 0 Å². The SMILES string of the molecule is [C-]#[N+]c1c(NC2CC2)nc(SCc2cccc(CC(=O)O)c2)nc1-c1cccs1. The minimum Gasteiger partial charge on any atom is -0.481 e. The molecule has 0 saturated heterocycles. The number of thioether (sulfide) groups is 1. The number of nitrogens with one attached hydrogen (secondary N) is 1.